The summed E-state index contributed by atoms with van der Waals surface area (Å²) in [6.45, 7) is 6.90. The number of nitrogens with two attached hydrogens (primary N) is 1. The molecule has 0 aliphatic carbocycles. The van der Waals surface area contributed by atoms with Gasteiger partial charge in [-0.3, -0.25) is 4.79 Å². The number of carbonyl (C=O) groups excluding carboxylic acids is 1. The van der Waals surface area contributed by atoms with Crippen molar-refractivity contribution >= 4 is 34.0 Å². The molecule has 1 aromatic carbocycles. The van der Waals surface area contributed by atoms with Crippen LogP contribution in [0.5, 0.6) is 0 Å². The maximum Gasteiger partial charge on any atom is 0.243 e. The van der Waals surface area contributed by atoms with Crippen molar-refractivity contribution in [2.75, 3.05) is 25.0 Å². The molecule has 150 valence electrons. The Morgan fingerprint density at radius 3 is 2.31 bits per heavy atom. The van der Waals surface area contributed by atoms with E-state index in [9.17, 15) is 13.2 Å². The lowest BCUT2D eigenvalue weighted by molar-refractivity contribution is -0.116. The van der Waals surface area contributed by atoms with E-state index in [1.54, 1.807) is 25.1 Å². The fraction of sp³-hybridized carbons (Fsp3) is 0.611. The van der Waals surface area contributed by atoms with E-state index in [0.717, 1.165) is 25.7 Å². The molecule has 26 heavy (non-hydrogen) atoms. The van der Waals surface area contributed by atoms with E-state index in [1.807, 2.05) is 13.8 Å². The maximum absolute atomic E-state index is 12.7. The molecule has 1 aromatic rings. The van der Waals surface area contributed by atoms with E-state index in [-0.39, 0.29) is 23.2 Å². The fourth-order valence-electron chi connectivity index (χ4n) is 2.67. The molecule has 0 heterocycles. The van der Waals surface area contributed by atoms with Crippen molar-refractivity contribution in [3.8, 4) is 0 Å². The number of sulfonamides is 1. The van der Waals surface area contributed by atoms with Crippen LogP contribution in [0.3, 0.4) is 0 Å². The van der Waals surface area contributed by atoms with Crippen LogP contribution in [-0.4, -0.2) is 38.3 Å². The Labute approximate surface area is 164 Å². The highest BCUT2D eigenvalue weighted by Crippen LogP contribution is 2.23. The van der Waals surface area contributed by atoms with E-state index in [1.165, 1.54) is 4.31 Å². The summed E-state index contributed by atoms with van der Waals surface area (Å²) in [5, 5.41) is 2.80. The molecule has 6 nitrogen and oxygen atoms in total. The van der Waals surface area contributed by atoms with Crippen molar-refractivity contribution in [3.63, 3.8) is 0 Å². The van der Waals surface area contributed by atoms with E-state index < -0.39 is 10.0 Å². The number of benzene rings is 1. The molecule has 1 rings (SSSR count). The summed E-state index contributed by atoms with van der Waals surface area (Å²) in [7, 11) is -3.55. The standard InChI is InChI=1S/C18H31N3O3S.ClH/c1-4-21(5-2)25(23,24)17-14-16(12-11-15(17)3)20-18(22)10-8-6-7-9-13-19;/h11-12,14H,4-10,13,19H2,1-3H3,(H,20,22);1H. The minimum absolute atomic E-state index is 0. The molecule has 0 radical (unpaired) electrons. The summed E-state index contributed by atoms with van der Waals surface area (Å²) in [6.07, 6.45) is 4.21. The monoisotopic (exact) mass is 405 g/mol. The maximum atomic E-state index is 12.7. The SMILES string of the molecule is CCN(CC)S(=O)(=O)c1cc(NC(=O)CCCCCCN)ccc1C.Cl. The lowest BCUT2D eigenvalue weighted by Gasteiger charge is -2.20. The van der Waals surface area contributed by atoms with E-state index in [0.29, 0.717) is 37.3 Å². The van der Waals surface area contributed by atoms with Gasteiger partial charge in [-0.2, -0.15) is 4.31 Å². The molecule has 0 saturated carbocycles. The third-order valence-electron chi connectivity index (χ3n) is 4.15. The highest BCUT2D eigenvalue weighted by molar-refractivity contribution is 7.89. The zero-order chi connectivity index (χ0) is 18.9. The van der Waals surface area contributed by atoms with Gasteiger partial charge in [0.15, 0.2) is 0 Å². The summed E-state index contributed by atoms with van der Waals surface area (Å²) < 4.78 is 26.9. The van der Waals surface area contributed by atoms with Crippen LogP contribution in [0, 0.1) is 6.92 Å². The molecule has 0 saturated heterocycles. The Morgan fingerprint density at radius 1 is 1.12 bits per heavy atom. The largest absolute Gasteiger partial charge is 0.330 e. The second-order valence-electron chi connectivity index (χ2n) is 6.07. The molecule has 0 bridgehead atoms. The van der Waals surface area contributed by atoms with E-state index in [2.05, 4.69) is 5.32 Å². The number of aryl methyl sites for hydroxylation is 1. The van der Waals surface area contributed by atoms with Crippen LogP contribution in [0.2, 0.25) is 0 Å². The van der Waals surface area contributed by atoms with Gasteiger partial charge in [0, 0.05) is 25.2 Å². The lowest BCUT2D eigenvalue weighted by atomic mass is 10.1. The first-order valence-electron chi connectivity index (χ1n) is 8.97. The van der Waals surface area contributed by atoms with Gasteiger partial charge in [0.05, 0.1) is 4.90 Å². The van der Waals surface area contributed by atoms with Gasteiger partial charge in [-0.05, 0) is 44.0 Å². The van der Waals surface area contributed by atoms with Crippen LogP contribution >= 0.6 is 12.4 Å². The number of rotatable bonds is 11. The fourth-order valence-corrected chi connectivity index (χ4v) is 4.37. The van der Waals surface area contributed by atoms with Gasteiger partial charge in [-0.1, -0.05) is 32.8 Å². The number of halogens is 1. The predicted molar refractivity (Wildman–Crippen MR) is 109 cm³/mol. The van der Waals surface area contributed by atoms with Crippen LogP contribution in [0.4, 0.5) is 5.69 Å². The van der Waals surface area contributed by atoms with Gasteiger partial charge in [-0.15, -0.1) is 12.4 Å². The Bertz CT molecular complexity index is 662. The quantitative estimate of drug-likeness (QED) is 0.552. The number of carbonyl (C=O) groups is 1. The predicted octanol–water partition coefficient (Wildman–Crippen LogP) is 3.30. The zero-order valence-electron chi connectivity index (χ0n) is 16.0. The van der Waals surface area contributed by atoms with Gasteiger partial charge in [0.25, 0.3) is 0 Å². The number of hydrogen-bond acceptors (Lipinski definition) is 4. The molecular weight excluding hydrogens is 374 g/mol. The summed E-state index contributed by atoms with van der Waals surface area (Å²) >= 11 is 0. The second-order valence-corrected chi connectivity index (χ2v) is 7.98. The first kappa shape index (κ1) is 24.8. The normalized spacial score (nSPS) is 11.3. The van der Waals surface area contributed by atoms with Crippen molar-refractivity contribution in [2.45, 2.75) is 57.8 Å². The second kappa shape index (κ2) is 12.3. The average molecular weight is 406 g/mol. The molecule has 8 heteroatoms. The number of anilines is 1. The van der Waals surface area contributed by atoms with Gasteiger partial charge in [-0.25, -0.2) is 8.42 Å². The number of hydrogen-bond donors (Lipinski definition) is 2. The molecule has 0 atom stereocenters. The smallest absolute Gasteiger partial charge is 0.243 e. The topological polar surface area (TPSA) is 92.5 Å². The summed E-state index contributed by atoms with van der Waals surface area (Å²) in [5.41, 5.74) is 6.63. The third-order valence-corrected chi connectivity index (χ3v) is 6.34. The van der Waals surface area contributed by atoms with Crippen LogP contribution in [0.25, 0.3) is 0 Å². The molecule has 0 aliphatic heterocycles. The van der Waals surface area contributed by atoms with Crippen LogP contribution in [-0.2, 0) is 14.8 Å². The Balaban J connectivity index is 0.00000625. The number of nitrogens with zero attached hydrogens (tertiary/aromatic N) is 1. The molecule has 0 unspecified atom stereocenters. The minimum Gasteiger partial charge on any atom is -0.330 e. The first-order chi connectivity index (χ1) is 11.9. The molecule has 0 aliphatic rings. The van der Waals surface area contributed by atoms with Gasteiger partial charge >= 0.3 is 0 Å². The highest BCUT2D eigenvalue weighted by atomic mass is 35.5. The van der Waals surface area contributed by atoms with Gasteiger partial charge in [0.2, 0.25) is 15.9 Å². The van der Waals surface area contributed by atoms with E-state index in [4.69, 9.17) is 5.73 Å². The lowest BCUT2D eigenvalue weighted by Crippen LogP contribution is -2.31. The molecule has 0 fully saturated rings. The van der Waals surface area contributed by atoms with Gasteiger partial charge < -0.3 is 11.1 Å². The van der Waals surface area contributed by atoms with Crippen molar-refractivity contribution < 1.29 is 13.2 Å². The van der Waals surface area contributed by atoms with Gasteiger partial charge in [0.1, 0.15) is 0 Å². The van der Waals surface area contributed by atoms with E-state index >= 15 is 0 Å². The summed E-state index contributed by atoms with van der Waals surface area (Å²) in [4.78, 5) is 12.3. The minimum atomic E-state index is -3.55. The van der Waals surface area contributed by atoms with Crippen molar-refractivity contribution in [3.05, 3.63) is 23.8 Å². The van der Waals surface area contributed by atoms with Crippen LogP contribution in [0.15, 0.2) is 23.1 Å². The number of unbranched alkanes of at least 4 members (excludes halogenated alkanes) is 3. The number of amides is 1. The molecular formula is C18H32ClN3O3S. The highest BCUT2D eigenvalue weighted by Gasteiger charge is 2.24. The molecule has 3 N–H and O–H groups in total. The molecule has 1 amide bonds. The van der Waals surface area contributed by atoms with Crippen molar-refractivity contribution in [2.24, 2.45) is 5.73 Å². The third kappa shape index (κ3) is 7.23. The van der Waals surface area contributed by atoms with Crippen molar-refractivity contribution in [1.29, 1.82) is 0 Å². The Hall–Kier alpha value is -1.15. The number of nitrogens with one attached hydrogen (secondary N) is 1. The van der Waals surface area contributed by atoms with Crippen LogP contribution in [0.1, 0.15) is 51.5 Å². The average Bonchev–Trinajstić information content (AvgIpc) is 2.57. The van der Waals surface area contributed by atoms with Crippen molar-refractivity contribution in [1.82, 2.24) is 4.31 Å². The first-order valence-corrected chi connectivity index (χ1v) is 10.4. The molecule has 0 spiro atoms. The zero-order valence-corrected chi connectivity index (χ0v) is 17.6. The summed E-state index contributed by atoms with van der Waals surface area (Å²) in [5.74, 6) is -0.0946. The summed E-state index contributed by atoms with van der Waals surface area (Å²) in [6, 6.07) is 5.02. The Morgan fingerprint density at radius 2 is 1.73 bits per heavy atom. The van der Waals surface area contributed by atoms with Crippen LogP contribution < -0.4 is 11.1 Å². The molecule has 0 aromatic heterocycles. The Kier molecular flexibility index (Phi) is 11.7.